The van der Waals surface area contributed by atoms with E-state index >= 15 is 0 Å². The molecule has 1 aromatic carbocycles. The van der Waals surface area contributed by atoms with Gasteiger partial charge in [-0.2, -0.15) is 5.26 Å². The van der Waals surface area contributed by atoms with Crippen LogP contribution < -0.4 is 0 Å². The SMILES string of the molecule is N#Cc1c(F)cccc1[N+](=O)[O-]. The van der Waals surface area contributed by atoms with Gasteiger partial charge in [-0.1, -0.05) is 6.07 Å². The zero-order valence-corrected chi connectivity index (χ0v) is 5.82. The Bertz CT molecular complexity index is 370. The van der Waals surface area contributed by atoms with Crippen molar-refractivity contribution in [1.82, 2.24) is 0 Å². The van der Waals surface area contributed by atoms with Gasteiger partial charge >= 0.3 is 0 Å². The minimum atomic E-state index is -0.869. The Morgan fingerprint density at radius 3 is 2.67 bits per heavy atom. The van der Waals surface area contributed by atoms with E-state index in [4.69, 9.17) is 5.26 Å². The van der Waals surface area contributed by atoms with E-state index in [0.29, 0.717) is 0 Å². The van der Waals surface area contributed by atoms with Crippen molar-refractivity contribution in [3.8, 4) is 6.07 Å². The number of hydrogen-bond acceptors (Lipinski definition) is 3. The highest BCUT2D eigenvalue weighted by Crippen LogP contribution is 2.19. The lowest BCUT2D eigenvalue weighted by Crippen LogP contribution is -1.94. The topological polar surface area (TPSA) is 66.9 Å². The number of nitro benzene ring substituents is 1. The maximum atomic E-state index is 12.7. The molecule has 0 radical (unpaired) electrons. The fraction of sp³-hybridized carbons (Fsp3) is 0. The number of halogens is 1. The monoisotopic (exact) mass is 166 g/mol. The highest BCUT2D eigenvalue weighted by atomic mass is 19.1. The number of rotatable bonds is 1. The highest BCUT2D eigenvalue weighted by Gasteiger charge is 2.16. The van der Waals surface area contributed by atoms with Crippen LogP contribution in [0.3, 0.4) is 0 Å². The molecule has 0 fully saturated rings. The summed E-state index contributed by atoms with van der Waals surface area (Å²) in [6.45, 7) is 0. The highest BCUT2D eigenvalue weighted by molar-refractivity contribution is 5.48. The average molecular weight is 166 g/mol. The molecule has 4 nitrogen and oxygen atoms in total. The molecule has 0 amide bonds. The van der Waals surface area contributed by atoms with Gasteiger partial charge in [0.15, 0.2) is 5.56 Å². The third kappa shape index (κ3) is 1.22. The van der Waals surface area contributed by atoms with Gasteiger partial charge in [-0.15, -0.1) is 0 Å². The Morgan fingerprint density at radius 1 is 1.58 bits per heavy atom. The van der Waals surface area contributed by atoms with Gasteiger partial charge in [0, 0.05) is 6.07 Å². The lowest BCUT2D eigenvalue weighted by Gasteiger charge is -1.93. The van der Waals surface area contributed by atoms with E-state index in [0.717, 1.165) is 12.1 Å². The number of nitro groups is 1. The van der Waals surface area contributed by atoms with Crippen LogP contribution in [0.4, 0.5) is 10.1 Å². The van der Waals surface area contributed by atoms with E-state index in [1.807, 2.05) is 0 Å². The van der Waals surface area contributed by atoms with Crippen molar-refractivity contribution in [2.75, 3.05) is 0 Å². The smallest absolute Gasteiger partial charge is 0.258 e. The van der Waals surface area contributed by atoms with E-state index in [2.05, 4.69) is 0 Å². The van der Waals surface area contributed by atoms with E-state index < -0.39 is 22.0 Å². The Morgan fingerprint density at radius 2 is 2.25 bits per heavy atom. The van der Waals surface area contributed by atoms with Crippen LogP contribution in [-0.2, 0) is 0 Å². The number of nitrogens with zero attached hydrogens (tertiary/aromatic N) is 2. The minimum absolute atomic E-state index is 0.502. The van der Waals surface area contributed by atoms with Crippen LogP contribution in [0.5, 0.6) is 0 Å². The second-order valence-electron chi connectivity index (χ2n) is 2.00. The summed E-state index contributed by atoms with van der Waals surface area (Å²) in [4.78, 5) is 9.43. The lowest BCUT2D eigenvalue weighted by molar-refractivity contribution is -0.385. The third-order valence-corrected chi connectivity index (χ3v) is 1.30. The summed E-state index contributed by atoms with van der Waals surface area (Å²) in [6.07, 6.45) is 0. The predicted molar refractivity (Wildman–Crippen MR) is 37.8 cm³/mol. The van der Waals surface area contributed by atoms with Gasteiger partial charge in [-0.3, -0.25) is 10.1 Å². The van der Waals surface area contributed by atoms with E-state index in [-0.39, 0.29) is 0 Å². The number of nitriles is 1. The lowest BCUT2D eigenvalue weighted by atomic mass is 10.2. The van der Waals surface area contributed by atoms with Crippen LogP contribution in [0.25, 0.3) is 0 Å². The van der Waals surface area contributed by atoms with Gasteiger partial charge in [0.05, 0.1) is 4.92 Å². The van der Waals surface area contributed by atoms with Gasteiger partial charge < -0.3 is 0 Å². The zero-order chi connectivity index (χ0) is 9.14. The summed E-state index contributed by atoms with van der Waals surface area (Å²) in [6, 6.07) is 4.71. The van der Waals surface area contributed by atoms with Crippen molar-refractivity contribution < 1.29 is 9.31 Å². The van der Waals surface area contributed by atoms with E-state index in [1.54, 1.807) is 0 Å². The molecule has 5 heteroatoms. The third-order valence-electron chi connectivity index (χ3n) is 1.30. The molecular weight excluding hydrogens is 163 g/mol. The van der Waals surface area contributed by atoms with Gasteiger partial charge in [-0.25, -0.2) is 4.39 Å². The zero-order valence-electron chi connectivity index (χ0n) is 5.82. The summed E-state index contributed by atoms with van der Waals surface area (Å²) in [5.41, 5.74) is -1.03. The van der Waals surface area contributed by atoms with Gasteiger partial charge in [0.25, 0.3) is 5.69 Å². The number of benzene rings is 1. The Kier molecular flexibility index (Phi) is 2.01. The molecule has 0 saturated carbocycles. The van der Waals surface area contributed by atoms with Crippen molar-refractivity contribution in [3.63, 3.8) is 0 Å². The molecule has 1 aromatic rings. The first-order valence-corrected chi connectivity index (χ1v) is 3.00. The largest absolute Gasteiger partial charge is 0.290 e. The summed E-state index contributed by atoms with van der Waals surface area (Å²) in [7, 11) is 0. The van der Waals surface area contributed by atoms with Crippen LogP contribution in [0.1, 0.15) is 5.56 Å². The second-order valence-corrected chi connectivity index (χ2v) is 2.00. The van der Waals surface area contributed by atoms with Crippen molar-refractivity contribution in [1.29, 1.82) is 5.26 Å². The molecule has 0 aliphatic carbocycles. The maximum Gasteiger partial charge on any atom is 0.290 e. The molecule has 0 aromatic heterocycles. The first kappa shape index (κ1) is 8.14. The summed E-state index contributed by atoms with van der Waals surface area (Å²) in [5, 5.41) is 18.6. The van der Waals surface area contributed by atoms with Crippen molar-refractivity contribution in [2.24, 2.45) is 0 Å². The second kappa shape index (κ2) is 2.96. The molecule has 60 valence electrons. The Hall–Kier alpha value is -1.96. The average Bonchev–Trinajstić information content (AvgIpc) is 2.03. The quantitative estimate of drug-likeness (QED) is 0.470. The fourth-order valence-electron chi connectivity index (χ4n) is 0.776. The minimum Gasteiger partial charge on any atom is -0.258 e. The summed E-state index contributed by atoms with van der Waals surface area (Å²) >= 11 is 0. The molecule has 0 bridgehead atoms. The summed E-state index contributed by atoms with van der Waals surface area (Å²) in [5.74, 6) is -0.869. The molecule has 0 saturated heterocycles. The number of hydrogen-bond donors (Lipinski definition) is 0. The van der Waals surface area contributed by atoms with Gasteiger partial charge in [0.1, 0.15) is 11.9 Å². The van der Waals surface area contributed by atoms with Crippen molar-refractivity contribution in [3.05, 3.63) is 39.7 Å². The first-order valence-electron chi connectivity index (χ1n) is 3.00. The molecule has 0 unspecified atom stereocenters. The van der Waals surface area contributed by atoms with E-state index in [9.17, 15) is 14.5 Å². The molecule has 0 N–H and O–H groups in total. The van der Waals surface area contributed by atoms with Crippen LogP contribution >= 0.6 is 0 Å². The fourth-order valence-corrected chi connectivity index (χ4v) is 0.776. The van der Waals surface area contributed by atoms with Crippen LogP contribution in [0.2, 0.25) is 0 Å². The molecular formula is C7H3FN2O2. The van der Waals surface area contributed by atoms with Crippen LogP contribution in [0.15, 0.2) is 18.2 Å². The van der Waals surface area contributed by atoms with Gasteiger partial charge in [0.2, 0.25) is 0 Å². The first-order chi connectivity index (χ1) is 5.66. The van der Waals surface area contributed by atoms with Crippen LogP contribution in [0, 0.1) is 27.3 Å². The summed E-state index contributed by atoms with van der Waals surface area (Å²) < 4.78 is 12.7. The normalized spacial score (nSPS) is 9.00. The molecule has 1 rings (SSSR count). The maximum absolute atomic E-state index is 12.7. The molecule has 0 aliphatic heterocycles. The molecule has 0 spiro atoms. The molecule has 0 aliphatic rings. The molecule has 0 heterocycles. The predicted octanol–water partition coefficient (Wildman–Crippen LogP) is 1.61. The van der Waals surface area contributed by atoms with Crippen molar-refractivity contribution in [2.45, 2.75) is 0 Å². The van der Waals surface area contributed by atoms with Crippen LogP contribution in [-0.4, -0.2) is 4.92 Å². The van der Waals surface area contributed by atoms with Gasteiger partial charge in [-0.05, 0) is 6.07 Å². The molecule has 12 heavy (non-hydrogen) atoms. The standard InChI is InChI=1S/C7H3FN2O2/c8-6-2-1-3-7(10(11)12)5(6)4-9/h1-3H. The Balaban J connectivity index is 3.40. The van der Waals surface area contributed by atoms with Crippen molar-refractivity contribution >= 4 is 5.69 Å². The Labute approximate surface area is 67.0 Å². The van der Waals surface area contributed by atoms with E-state index in [1.165, 1.54) is 12.1 Å². The molecule has 0 atom stereocenters.